The summed E-state index contributed by atoms with van der Waals surface area (Å²) in [5, 5.41) is 6.68. The summed E-state index contributed by atoms with van der Waals surface area (Å²) in [5.74, 6) is -1.16. The van der Waals surface area contributed by atoms with E-state index in [0.29, 0.717) is 10.8 Å². The van der Waals surface area contributed by atoms with Crippen molar-refractivity contribution in [3.8, 4) is 0 Å². The molecule has 0 radical (unpaired) electrons. The molecular formula is C14H12ClN3O3. The Labute approximate surface area is 125 Å². The molecule has 0 saturated carbocycles. The molecule has 0 bridgehead atoms. The topological polar surface area (TPSA) is 83.7 Å². The normalized spacial score (nSPS) is 10.5. The van der Waals surface area contributed by atoms with E-state index in [0.717, 1.165) is 5.56 Å². The second-order valence-corrected chi connectivity index (χ2v) is 4.46. The van der Waals surface area contributed by atoms with E-state index < -0.39 is 11.8 Å². The first kappa shape index (κ1) is 14.8. The average Bonchev–Trinajstić information content (AvgIpc) is 2.99. The standard InChI is InChI=1S/C14H12ClN3O3/c15-11-5-3-10(4-6-11)8-16-13(19)14(20)18-17-9-12-2-1-7-21-12/h1-7,9H,8H2,(H,16,19)(H,18,20)/b17-9+. The van der Waals surface area contributed by atoms with Crippen molar-refractivity contribution in [3.63, 3.8) is 0 Å². The highest BCUT2D eigenvalue weighted by Gasteiger charge is 2.11. The number of hydrogen-bond acceptors (Lipinski definition) is 4. The quantitative estimate of drug-likeness (QED) is 0.512. The number of rotatable bonds is 4. The van der Waals surface area contributed by atoms with Crippen LogP contribution >= 0.6 is 11.6 Å². The first-order chi connectivity index (χ1) is 10.1. The summed E-state index contributed by atoms with van der Waals surface area (Å²) < 4.78 is 4.98. The third-order valence-electron chi connectivity index (χ3n) is 2.47. The van der Waals surface area contributed by atoms with Crippen molar-refractivity contribution in [3.05, 3.63) is 59.0 Å². The highest BCUT2D eigenvalue weighted by Crippen LogP contribution is 2.08. The molecule has 0 spiro atoms. The zero-order chi connectivity index (χ0) is 15.1. The van der Waals surface area contributed by atoms with E-state index in [1.165, 1.54) is 12.5 Å². The number of benzene rings is 1. The highest BCUT2D eigenvalue weighted by atomic mass is 35.5. The number of furan rings is 1. The van der Waals surface area contributed by atoms with Gasteiger partial charge in [0.2, 0.25) is 0 Å². The zero-order valence-corrected chi connectivity index (χ0v) is 11.6. The third-order valence-corrected chi connectivity index (χ3v) is 2.73. The van der Waals surface area contributed by atoms with Crippen LogP contribution in [0.2, 0.25) is 5.02 Å². The van der Waals surface area contributed by atoms with Gasteiger partial charge in [0, 0.05) is 11.6 Å². The fourth-order valence-electron chi connectivity index (χ4n) is 1.43. The summed E-state index contributed by atoms with van der Waals surface area (Å²) in [7, 11) is 0. The lowest BCUT2D eigenvalue weighted by Gasteiger charge is -2.04. The zero-order valence-electron chi connectivity index (χ0n) is 10.9. The summed E-state index contributed by atoms with van der Waals surface area (Å²) in [6.45, 7) is 0.228. The molecule has 0 fully saturated rings. The van der Waals surface area contributed by atoms with Gasteiger partial charge in [-0.2, -0.15) is 5.10 Å². The molecule has 0 aliphatic heterocycles. The Bertz CT molecular complexity index is 636. The fourth-order valence-corrected chi connectivity index (χ4v) is 1.56. The van der Waals surface area contributed by atoms with Gasteiger partial charge in [-0.1, -0.05) is 23.7 Å². The Morgan fingerprint density at radius 3 is 2.62 bits per heavy atom. The van der Waals surface area contributed by atoms with Gasteiger partial charge < -0.3 is 9.73 Å². The van der Waals surface area contributed by atoms with Gasteiger partial charge in [0.05, 0.1) is 12.5 Å². The van der Waals surface area contributed by atoms with Crippen LogP contribution in [-0.2, 0) is 16.1 Å². The fraction of sp³-hybridized carbons (Fsp3) is 0.0714. The predicted octanol–water partition coefficient (Wildman–Crippen LogP) is 1.70. The van der Waals surface area contributed by atoms with E-state index in [-0.39, 0.29) is 6.54 Å². The monoisotopic (exact) mass is 305 g/mol. The van der Waals surface area contributed by atoms with Crippen LogP contribution in [0, 0.1) is 0 Å². The molecule has 1 aromatic heterocycles. The Morgan fingerprint density at radius 2 is 1.95 bits per heavy atom. The first-order valence-electron chi connectivity index (χ1n) is 6.04. The van der Waals surface area contributed by atoms with Crippen LogP contribution in [0.15, 0.2) is 52.2 Å². The van der Waals surface area contributed by atoms with E-state index in [1.54, 1.807) is 36.4 Å². The number of nitrogens with one attached hydrogen (secondary N) is 2. The number of hydrogen-bond donors (Lipinski definition) is 2. The molecule has 1 aromatic carbocycles. The van der Waals surface area contributed by atoms with Gasteiger partial charge in [0.25, 0.3) is 0 Å². The number of nitrogens with zero attached hydrogens (tertiary/aromatic N) is 1. The highest BCUT2D eigenvalue weighted by molar-refractivity contribution is 6.35. The molecule has 0 atom stereocenters. The smallest absolute Gasteiger partial charge is 0.329 e. The number of hydrazone groups is 1. The lowest BCUT2D eigenvalue weighted by atomic mass is 10.2. The summed E-state index contributed by atoms with van der Waals surface area (Å²) in [6, 6.07) is 10.3. The van der Waals surface area contributed by atoms with E-state index >= 15 is 0 Å². The molecule has 0 unspecified atom stereocenters. The van der Waals surface area contributed by atoms with Crippen molar-refractivity contribution in [2.75, 3.05) is 0 Å². The molecule has 7 heteroatoms. The summed E-state index contributed by atoms with van der Waals surface area (Å²) in [6.07, 6.45) is 2.77. The van der Waals surface area contributed by atoms with Gasteiger partial charge in [0.1, 0.15) is 5.76 Å². The molecule has 2 aromatic rings. The van der Waals surface area contributed by atoms with Crippen molar-refractivity contribution in [1.29, 1.82) is 0 Å². The maximum atomic E-state index is 11.5. The molecule has 2 N–H and O–H groups in total. The summed E-state index contributed by atoms with van der Waals surface area (Å²) >= 11 is 5.75. The van der Waals surface area contributed by atoms with Crippen molar-refractivity contribution in [1.82, 2.24) is 10.7 Å². The molecule has 6 nitrogen and oxygen atoms in total. The van der Waals surface area contributed by atoms with Crippen molar-refractivity contribution < 1.29 is 14.0 Å². The Balaban J connectivity index is 1.77. The van der Waals surface area contributed by atoms with Crippen LogP contribution in [0.5, 0.6) is 0 Å². The van der Waals surface area contributed by atoms with E-state index in [1.807, 2.05) is 0 Å². The maximum Gasteiger partial charge on any atom is 0.329 e. The van der Waals surface area contributed by atoms with Crippen LogP contribution in [0.1, 0.15) is 11.3 Å². The van der Waals surface area contributed by atoms with Crippen molar-refractivity contribution >= 4 is 29.6 Å². The Hall–Kier alpha value is -2.60. The number of carbonyl (C=O) groups excluding carboxylic acids is 2. The van der Waals surface area contributed by atoms with E-state index in [9.17, 15) is 9.59 Å². The molecule has 0 aliphatic rings. The van der Waals surface area contributed by atoms with Crippen LogP contribution in [-0.4, -0.2) is 18.0 Å². The molecule has 0 aliphatic carbocycles. The van der Waals surface area contributed by atoms with Gasteiger partial charge in [0.15, 0.2) is 0 Å². The van der Waals surface area contributed by atoms with Gasteiger partial charge in [-0.15, -0.1) is 0 Å². The third kappa shape index (κ3) is 4.77. The minimum atomic E-state index is -0.855. The van der Waals surface area contributed by atoms with Crippen LogP contribution in [0.25, 0.3) is 0 Å². The minimum Gasteiger partial charge on any atom is -0.463 e. The SMILES string of the molecule is O=C(NCc1ccc(Cl)cc1)C(=O)N/N=C/c1ccco1. The number of halogens is 1. The lowest BCUT2D eigenvalue weighted by molar-refractivity contribution is -0.139. The Kier molecular flexibility index (Phi) is 5.11. The lowest BCUT2D eigenvalue weighted by Crippen LogP contribution is -2.37. The van der Waals surface area contributed by atoms with Crippen molar-refractivity contribution in [2.45, 2.75) is 6.54 Å². The number of carbonyl (C=O) groups is 2. The maximum absolute atomic E-state index is 11.5. The van der Waals surface area contributed by atoms with Gasteiger partial charge in [-0.05, 0) is 29.8 Å². The predicted molar refractivity (Wildman–Crippen MR) is 77.7 cm³/mol. The molecule has 108 valence electrons. The number of amides is 2. The molecule has 1 heterocycles. The van der Waals surface area contributed by atoms with Gasteiger partial charge in [-0.3, -0.25) is 9.59 Å². The molecular weight excluding hydrogens is 294 g/mol. The van der Waals surface area contributed by atoms with Gasteiger partial charge >= 0.3 is 11.8 Å². The molecule has 21 heavy (non-hydrogen) atoms. The van der Waals surface area contributed by atoms with Crippen LogP contribution < -0.4 is 10.7 Å². The largest absolute Gasteiger partial charge is 0.463 e. The second-order valence-electron chi connectivity index (χ2n) is 4.02. The first-order valence-corrected chi connectivity index (χ1v) is 6.42. The molecule has 0 saturated heterocycles. The second kappa shape index (κ2) is 7.25. The minimum absolute atomic E-state index is 0.228. The van der Waals surface area contributed by atoms with Gasteiger partial charge in [-0.25, -0.2) is 5.43 Å². The Morgan fingerprint density at radius 1 is 1.19 bits per heavy atom. The summed E-state index contributed by atoms with van der Waals surface area (Å²) in [5.41, 5.74) is 2.94. The van der Waals surface area contributed by atoms with E-state index in [4.69, 9.17) is 16.0 Å². The van der Waals surface area contributed by atoms with Crippen LogP contribution in [0.4, 0.5) is 0 Å². The average molecular weight is 306 g/mol. The molecule has 2 rings (SSSR count). The van der Waals surface area contributed by atoms with E-state index in [2.05, 4.69) is 15.8 Å². The summed E-state index contributed by atoms with van der Waals surface area (Å²) in [4.78, 5) is 23.0. The van der Waals surface area contributed by atoms with Crippen LogP contribution in [0.3, 0.4) is 0 Å². The van der Waals surface area contributed by atoms with Crippen molar-refractivity contribution in [2.24, 2.45) is 5.10 Å². The molecule has 2 amide bonds.